The molecule has 3 heterocycles. The van der Waals surface area contributed by atoms with Crippen molar-refractivity contribution in [3.8, 4) is 0 Å². The summed E-state index contributed by atoms with van der Waals surface area (Å²) < 4.78 is 33.3. The number of carbonyl (C=O) groups excluding carboxylic acids is 10. The molecule has 2 saturated heterocycles. The molecule has 1 unspecified atom stereocenters. The van der Waals surface area contributed by atoms with Gasteiger partial charge in [-0.25, -0.2) is 19.2 Å². The molecule has 0 bridgehead atoms. The number of piperazine rings is 2. The van der Waals surface area contributed by atoms with Gasteiger partial charge in [0, 0.05) is 91.1 Å². The van der Waals surface area contributed by atoms with Crippen LogP contribution in [-0.2, 0) is 92.9 Å². The van der Waals surface area contributed by atoms with Crippen LogP contribution in [-0.4, -0.2) is 252 Å². The van der Waals surface area contributed by atoms with Crippen molar-refractivity contribution in [2.75, 3.05) is 80.8 Å². The van der Waals surface area contributed by atoms with Gasteiger partial charge < -0.3 is 90.7 Å². The van der Waals surface area contributed by atoms with Crippen LogP contribution in [0.4, 0.5) is 19.2 Å². The molecule has 3 radical (unpaired) electrons. The van der Waals surface area contributed by atoms with Crippen LogP contribution in [0.3, 0.4) is 0 Å². The van der Waals surface area contributed by atoms with E-state index in [1.54, 1.807) is 60.6 Å². The Morgan fingerprint density at radius 1 is 0.585 bits per heavy atom. The Balaban J connectivity index is 0. The number of hydrogen-bond acceptors (Lipinski definition) is 26. The van der Waals surface area contributed by atoms with Gasteiger partial charge in [0.05, 0.1) is 47.5 Å². The molecule has 6 aromatic rings. The molecule has 6 amide bonds. The number of methoxy groups -OCH3 is 3. The summed E-state index contributed by atoms with van der Waals surface area (Å²) in [4.78, 5) is 129. The van der Waals surface area contributed by atoms with E-state index in [1.807, 2.05) is 168 Å². The number of hydrogen-bond donors (Lipinski definition) is 10. The standard InChI is InChI=1S/C18H26N2O5.C18H28N2O4.C12H16N2O.C10H13NO2.C8H15NO4.C6H5N3O.C5H10N2O.C3H4Cl2O2.CH4O.B/c1-13(19-17(23)25-18(2,3)4)16(22)20(12-15(21)24-5)11-14-9-7-6-8-10-14;1-14(19-17(22)24-18(2,3)4)11-20(13-16(21)23-5)12-15-9-7-6-8-10-15;1-10-7-14(9-12(15)13-10)8-11-5-3-2-4-6-11;1-13-10(12)8-11-7-9-5-3-2-4-6-9;1-5(6(10)11)9-7(12)13-8(2,3)4;10-9-6-4-2-1-3-5(6)7-8-9;1-4-2-6-3-5(8)7-4;1-2(4)7-3(5)6;1-2;/h6-10,13H,11-12H2,1-5H3,(H,19,23);6-10,14H,11-13H2,1-5H3,(H,19,22);2-6,10H,7-9H2,1H3,(H,13,15);2-6,11H,7-8H2,1H3;5H,1-4H3,(H,9,12)(H,10,11);1-4,10H;4,6H,2-3H2,1H3,(H,7,8);2H,1H3;2H,1H3;/t13-;14-;10-;;5-;;4-;;;/m000.0.0.../s1. The van der Waals surface area contributed by atoms with Gasteiger partial charge in [-0.1, -0.05) is 150 Å². The highest BCUT2D eigenvalue weighted by Gasteiger charge is 2.28. The van der Waals surface area contributed by atoms with Gasteiger partial charge in [0.15, 0.2) is 5.56 Å². The first-order valence-electron chi connectivity index (χ1n) is 37.2. The molecule has 34 nitrogen and oxygen atoms in total. The number of carboxylic acid groups (broad SMARTS) is 1. The predicted octanol–water partition coefficient (Wildman–Crippen LogP) is 8.55. The third-order valence-corrected chi connectivity index (χ3v) is 14.5. The normalized spacial score (nSPS) is 14.2. The molecule has 0 aliphatic carbocycles. The fourth-order valence-electron chi connectivity index (χ4n) is 9.54. The largest absolute Gasteiger partial charge is 0.480 e. The van der Waals surface area contributed by atoms with Crippen molar-refractivity contribution in [3.05, 3.63) is 168 Å². The Kier molecular flexibility index (Phi) is 55.5. The highest BCUT2D eigenvalue weighted by molar-refractivity contribution is 6.61. The number of carboxylic acids is 1. The van der Waals surface area contributed by atoms with Crippen molar-refractivity contribution in [2.45, 2.75) is 183 Å². The summed E-state index contributed by atoms with van der Waals surface area (Å²) >= 11 is 9.87. The van der Waals surface area contributed by atoms with Crippen molar-refractivity contribution in [2.24, 2.45) is 0 Å². The van der Waals surface area contributed by atoms with E-state index in [0.29, 0.717) is 49.8 Å². The number of esters is 3. The van der Waals surface area contributed by atoms with Gasteiger partial charge in [-0.05, 0) is 143 Å². The number of para-hydroxylation sites is 1. The van der Waals surface area contributed by atoms with Gasteiger partial charge in [0.2, 0.25) is 17.7 Å². The molecule has 0 saturated carbocycles. The molecule has 0 spiro atoms. The Bertz CT molecular complexity index is 3880. The maximum absolute atomic E-state index is 12.6. The number of amides is 6. The average molecular weight is 1690 g/mol. The van der Waals surface area contributed by atoms with Gasteiger partial charge in [-0.2, -0.15) is 0 Å². The molecular formula is C81H121BCl2N13O21. The Labute approximate surface area is 704 Å². The van der Waals surface area contributed by atoms with E-state index < -0.39 is 76.0 Å². The Morgan fingerprint density at radius 3 is 1.43 bits per heavy atom. The van der Waals surface area contributed by atoms with Crippen LogP contribution in [0.25, 0.3) is 11.0 Å². The Morgan fingerprint density at radius 2 is 1.02 bits per heavy atom. The number of rotatable bonds is 22. The van der Waals surface area contributed by atoms with Gasteiger partial charge in [-0.3, -0.25) is 43.4 Å². The average Bonchev–Trinajstić information content (AvgIpc) is 1.70. The quantitative estimate of drug-likeness (QED) is 0.00759. The highest BCUT2D eigenvalue weighted by Crippen LogP contribution is 2.14. The summed E-state index contributed by atoms with van der Waals surface area (Å²) in [5, 5.41) is 50.6. The number of alkyl carbamates (subject to hydrolysis) is 3. The first kappa shape index (κ1) is 109. The molecule has 6 atom stereocenters. The van der Waals surface area contributed by atoms with E-state index in [-0.39, 0.29) is 70.4 Å². The van der Waals surface area contributed by atoms with Crippen LogP contribution in [0.2, 0.25) is 0 Å². The topological polar surface area (TPSA) is 438 Å². The number of aromatic nitrogens is 3. The second kappa shape index (κ2) is 59.9. The number of halogens is 2. The minimum Gasteiger partial charge on any atom is -0.480 e. The highest BCUT2D eigenvalue weighted by atomic mass is 35.5. The number of alkyl halides is 1. The van der Waals surface area contributed by atoms with Crippen molar-refractivity contribution < 1.29 is 101 Å². The molecule has 2 aliphatic rings. The number of nitrogens with zero attached hydrogens (tertiary/aromatic N) is 6. The number of carbonyl (C=O) groups is 11. The maximum Gasteiger partial charge on any atom is 0.408 e. The zero-order valence-corrected chi connectivity index (χ0v) is 72.5. The summed E-state index contributed by atoms with van der Waals surface area (Å²) in [6, 6.07) is 45.1. The summed E-state index contributed by atoms with van der Waals surface area (Å²) in [7, 11) is 5.01. The number of aliphatic carboxylic acids is 1. The predicted molar refractivity (Wildman–Crippen MR) is 448 cm³/mol. The minimum atomic E-state index is -1.09. The van der Waals surface area contributed by atoms with E-state index >= 15 is 0 Å². The second-order valence-electron chi connectivity index (χ2n) is 28.9. The fourth-order valence-corrected chi connectivity index (χ4v) is 9.80. The maximum atomic E-state index is 12.6. The Hall–Kier alpha value is -10.7. The number of aliphatic hydroxyl groups excluding tert-OH is 1. The minimum absolute atomic E-state index is 0. The monoisotopic (exact) mass is 1690 g/mol. The van der Waals surface area contributed by atoms with Gasteiger partial charge >= 0.3 is 47.6 Å². The van der Waals surface area contributed by atoms with Gasteiger partial charge in [0.25, 0.3) is 0 Å². The number of benzene rings is 5. The van der Waals surface area contributed by atoms with Gasteiger partial charge in [-0.15, -0.1) is 5.10 Å². The molecule has 37 heteroatoms. The van der Waals surface area contributed by atoms with Crippen LogP contribution in [0.5, 0.6) is 0 Å². The lowest BCUT2D eigenvalue weighted by atomic mass is 10.1. The lowest BCUT2D eigenvalue weighted by molar-refractivity contribution is -0.148. The molecule has 5 aromatic carbocycles. The van der Waals surface area contributed by atoms with Crippen molar-refractivity contribution in [3.63, 3.8) is 0 Å². The molecule has 653 valence electrons. The summed E-state index contributed by atoms with van der Waals surface area (Å²) in [6.45, 7) is 32.0. The second-order valence-corrected chi connectivity index (χ2v) is 29.8. The first-order valence-corrected chi connectivity index (χ1v) is 38.0. The third-order valence-electron chi connectivity index (χ3n) is 14.4. The number of aliphatic hydroxyl groups is 1. The lowest BCUT2D eigenvalue weighted by Gasteiger charge is -2.31. The van der Waals surface area contributed by atoms with Crippen LogP contribution in [0.1, 0.15) is 126 Å². The van der Waals surface area contributed by atoms with Crippen LogP contribution < -0.4 is 37.2 Å². The summed E-state index contributed by atoms with van der Waals surface area (Å²) in [6.07, 6.45) is -1.87. The van der Waals surface area contributed by atoms with Crippen molar-refractivity contribution >= 4 is 108 Å². The third kappa shape index (κ3) is 56.6. The van der Waals surface area contributed by atoms with E-state index in [0.717, 1.165) is 48.3 Å². The van der Waals surface area contributed by atoms with Crippen LogP contribution >= 0.6 is 23.2 Å². The number of nitrogens with one attached hydrogen (secondary N) is 7. The smallest absolute Gasteiger partial charge is 0.408 e. The van der Waals surface area contributed by atoms with E-state index in [9.17, 15) is 52.7 Å². The molecule has 10 N–H and O–H groups in total. The molecular weight excluding hydrogens is 1570 g/mol. The van der Waals surface area contributed by atoms with E-state index in [1.165, 1.54) is 45.6 Å². The zero-order chi connectivity index (χ0) is 88.9. The lowest BCUT2D eigenvalue weighted by Crippen LogP contribution is -2.52. The van der Waals surface area contributed by atoms with Crippen LogP contribution in [0.15, 0.2) is 146 Å². The van der Waals surface area contributed by atoms with E-state index in [2.05, 4.69) is 78.8 Å². The number of fused-ring (bicyclic) bond motifs is 1. The molecule has 118 heavy (non-hydrogen) atoms. The molecule has 1 aromatic heterocycles. The summed E-state index contributed by atoms with van der Waals surface area (Å²) in [5.41, 5.74) is 2.38. The van der Waals surface area contributed by atoms with Crippen molar-refractivity contribution in [1.29, 1.82) is 0 Å². The molecule has 2 aliphatic heterocycles. The van der Waals surface area contributed by atoms with Crippen LogP contribution in [0, 0.1) is 0 Å². The fraction of sp³-hybridized carbons (Fsp3) is 0.494. The van der Waals surface area contributed by atoms with Gasteiger partial charge in [0.1, 0.15) is 46.5 Å². The SMILES string of the molecule is CC(Cl)OC(=O)Cl.CO.COC(=O)CN(Cc1ccccc1)C(=O)[C@H](C)NC(=O)OC(C)(C)C.COC(=O)CN(Cc1ccccc1)C[C@H](C)NC(=O)OC(C)(C)C.COC(=O)CNCc1ccccc1.C[C@H](NC(=O)OC(C)(C)C)C(=O)O.C[C@H]1CN(Cc2ccccc2)CC(=O)N1.C[C@H]1CNCC(=O)N1.On1nnc2ccccc21.[B]. The summed E-state index contributed by atoms with van der Waals surface area (Å²) in [5.74, 6) is -2.35. The first-order chi connectivity index (χ1) is 54.9. The molecule has 2 fully saturated rings. The van der Waals surface area contributed by atoms with Crippen molar-refractivity contribution in [1.82, 2.24) is 67.1 Å². The van der Waals surface area contributed by atoms with E-state index in [4.69, 9.17) is 57.6 Å². The molecule has 8 rings (SSSR count). The number of ether oxygens (including phenoxy) is 7. The zero-order valence-electron chi connectivity index (χ0n) is 71.0.